The van der Waals surface area contributed by atoms with Crippen molar-refractivity contribution in [2.24, 2.45) is 11.7 Å². The molecule has 0 bridgehead atoms. The van der Waals surface area contributed by atoms with E-state index in [0.29, 0.717) is 18.9 Å². The van der Waals surface area contributed by atoms with Gasteiger partial charge in [0.05, 0.1) is 16.4 Å². The maximum absolute atomic E-state index is 13.0. The second-order valence-electron chi connectivity index (χ2n) is 5.58. The van der Waals surface area contributed by atoms with E-state index in [0.717, 1.165) is 16.4 Å². The van der Waals surface area contributed by atoms with Crippen LogP contribution in [0, 0.1) is 12.8 Å². The van der Waals surface area contributed by atoms with E-state index in [9.17, 15) is 26.4 Å². The number of halogens is 3. The summed E-state index contributed by atoms with van der Waals surface area (Å²) in [7, 11) is -4.10. The number of nitrogens with zero attached hydrogens (tertiary/aromatic N) is 1. The Labute approximate surface area is 132 Å². The van der Waals surface area contributed by atoms with Gasteiger partial charge in [0.15, 0.2) is 0 Å². The second kappa shape index (κ2) is 6.12. The van der Waals surface area contributed by atoms with Gasteiger partial charge in [-0.1, -0.05) is 6.07 Å². The molecule has 5 nitrogen and oxygen atoms in total. The summed E-state index contributed by atoms with van der Waals surface area (Å²) in [6, 6.07) is 2.91. The number of sulfonamides is 1. The van der Waals surface area contributed by atoms with Crippen LogP contribution >= 0.6 is 0 Å². The van der Waals surface area contributed by atoms with Crippen molar-refractivity contribution >= 4 is 15.9 Å². The zero-order chi connectivity index (χ0) is 17.4. The Balaban J connectivity index is 2.38. The molecule has 0 radical (unpaired) electrons. The van der Waals surface area contributed by atoms with Crippen molar-refractivity contribution in [3.63, 3.8) is 0 Å². The van der Waals surface area contributed by atoms with E-state index in [-0.39, 0.29) is 18.7 Å². The molecule has 23 heavy (non-hydrogen) atoms. The van der Waals surface area contributed by atoms with Gasteiger partial charge in [0.25, 0.3) is 0 Å². The summed E-state index contributed by atoms with van der Waals surface area (Å²) in [4.78, 5) is 10.8. The Morgan fingerprint density at radius 1 is 1.35 bits per heavy atom. The topological polar surface area (TPSA) is 80.5 Å². The lowest BCUT2D eigenvalue weighted by atomic mass is 9.99. The first-order valence-corrected chi connectivity index (χ1v) is 8.45. The Morgan fingerprint density at radius 3 is 2.57 bits per heavy atom. The van der Waals surface area contributed by atoms with Crippen LogP contribution in [0.25, 0.3) is 0 Å². The van der Waals surface area contributed by atoms with Gasteiger partial charge in [-0.05, 0) is 37.5 Å². The standard InChI is InChI=1S/C14H17F3N2O3S/c1-9-4-5-11(7-12(9)14(15,16)17)23(21,22)19-6-2-3-10(8-19)13(18)20/h4-5,7,10H,2-3,6,8H2,1H3,(H2,18,20)/t10-/m0/s1. The first-order chi connectivity index (χ1) is 10.5. The van der Waals surface area contributed by atoms with Gasteiger partial charge in [-0.15, -0.1) is 0 Å². The fourth-order valence-corrected chi connectivity index (χ4v) is 4.16. The van der Waals surface area contributed by atoms with Crippen LogP contribution in [-0.4, -0.2) is 31.7 Å². The Hall–Kier alpha value is -1.61. The second-order valence-corrected chi connectivity index (χ2v) is 7.52. The average molecular weight is 350 g/mol. The largest absolute Gasteiger partial charge is 0.416 e. The summed E-state index contributed by atoms with van der Waals surface area (Å²) in [5.74, 6) is -1.23. The summed E-state index contributed by atoms with van der Waals surface area (Å²) < 4.78 is 65.0. The molecule has 1 saturated heterocycles. The third kappa shape index (κ3) is 3.66. The number of amides is 1. The highest BCUT2D eigenvalue weighted by Crippen LogP contribution is 2.34. The highest BCUT2D eigenvalue weighted by Gasteiger charge is 2.36. The lowest BCUT2D eigenvalue weighted by Crippen LogP contribution is -2.44. The molecule has 0 unspecified atom stereocenters. The predicted octanol–water partition coefficient (Wildman–Crippen LogP) is 1.90. The summed E-state index contributed by atoms with van der Waals surface area (Å²) >= 11 is 0. The molecule has 0 aliphatic carbocycles. The van der Waals surface area contributed by atoms with E-state index >= 15 is 0 Å². The van der Waals surface area contributed by atoms with E-state index in [1.807, 2.05) is 0 Å². The minimum atomic E-state index is -4.63. The molecule has 1 aromatic carbocycles. The molecule has 0 spiro atoms. The van der Waals surface area contributed by atoms with Crippen molar-refractivity contribution in [1.82, 2.24) is 4.31 Å². The lowest BCUT2D eigenvalue weighted by Gasteiger charge is -2.30. The zero-order valence-corrected chi connectivity index (χ0v) is 13.2. The van der Waals surface area contributed by atoms with Crippen LogP contribution in [0.4, 0.5) is 13.2 Å². The van der Waals surface area contributed by atoms with Crippen molar-refractivity contribution in [2.75, 3.05) is 13.1 Å². The van der Waals surface area contributed by atoms with Gasteiger partial charge in [0.2, 0.25) is 15.9 Å². The third-order valence-corrected chi connectivity index (χ3v) is 5.80. The number of alkyl halides is 3. The number of nitrogens with two attached hydrogens (primary N) is 1. The summed E-state index contributed by atoms with van der Waals surface area (Å²) in [6.45, 7) is 1.32. The normalized spacial score (nSPS) is 20.4. The molecule has 1 heterocycles. The smallest absolute Gasteiger partial charge is 0.369 e. The fraction of sp³-hybridized carbons (Fsp3) is 0.500. The maximum atomic E-state index is 13.0. The first kappa shape index (κ1) is 17.7. The van der Waals surface area contributed by atoms with Crippen LogP contribution in [0.2, 0.25) is 0 Å². The van der Waals surface area contributed by atoms with E-state index in [1.54, 1.807) is 0 Å². The van der Waals surface area contributed by atoms with Crippen LogP contribution in [0.1, 0.15) is 24.0 Å². The van der Waals surface area contributed by atoms with Crippen molar-refractivity contribution in [2.45, 2.75) is 30.8 Å². The fourth-order valence-electron chi connectivity index (χ4n) is 2.61. The van der Waals surface area contributed by atoms with Gasteiger partial charge in [0.1, 0.15) is 0 Å². The number of rotatable bonds is 3. The molecule has 1 amide bonds. The Kier molecular flexibility index (Phi) is 4.72. The SMILES string of the molecule is Cc1ccc(S(=O)(=O)N2CCC[C@H](C(N)=O)C2)cc1C(F)(F)F. The minimum Gasteiger partial charge on any atom is -0.369 e. The van der Waals surface area contributed by atoms with Crippen molar-refractivity contribution in [1.29, 1.82) is 0 Å². The maximum Gasteiger partial charge on any atom is 0.416 e. The number of aryl methyl sites for hydroxylation is 1. The van der Waals surface area contributed by atoms with Crippen LogP contribution in [0.5, 0.6) is 0 Å². The van der Waals surface area contributed by atoms with Crippen molar-refractivity contribution in [3.05, 3.63) is 29.3 Å². The molecule has 2 N–H and O–H groups in total. The molecule has 128 valence electrons. The molecule has 1 atom stereocenters. The van der Waals surface area contributed by atoms with Gasteiger partial charge >= 0.3 is 6.18 Å². The van der Waals surface area contributed by atoms with Crippen molar-refractivity contribution in [3.8, 4) is 0 Å². The third-order valence-electron chi connectivity index (χ3n) is 3.94. The van der Waals surface area contributed by atoms with E-state index in [1.165, 1.54) is 6.92 Å². The summed E-state index contributed by atoms with van der Waals surface area (Å²) in [5.41, 5.74) is 4.17. The Morgan fingerprint density at radius 2 is 2.00 bits per heavy atom. The number of benzene rings is 1. The van der Waals surface area contributed by atoms with Gasteiger partial charge in [-0.25, -0.2) is 8.42 Å². The summed E-state index contributed by atoms with van der Waals surface area (Å²) in [6.07, 6.45) is -3.72. The summed E-state index contributed by atoms with van der Waals surface area (Å²) in [5, 5.41) is 0. The van der Waals surface area contributed by atoms with Crippen LogP contribution in [-0.2, 0) is 21.0 Å². The van der Waals surface area contributed by atoms with E-state index in [4.69, 9.17) is 5.73 Å². The highest BCUT2D eigenvalue weighted by atomic mass is 32.2. The average Bonchev–Trinajstić information content (AvgIpc) is 2.46. The molecule has 1 aromatic rings. The van der Waals surface area contributed by atoms with Gasteiger partial charge in [0, 0.05) is 13.1 Å². The number of hydrogen-bond donors (Lipinski definition) is 1. The highest BCUT2D eigenvalue weighted by molar-refractivity contribution is 7.89. The first-order valence-electron chi connectivity index (χ1n) is 7.01. The molecule has 1 fully saturated rings. The molecule has 2 rings (SSSR count). The van der Waals surface area contributed by atoms with Gasteiger partial charge < -0.3 is 5.73 Å². The van der Waals surface area contributed by atoms with Gasteiger partial charge in [-0.3, -0.25) is 4.79 Å². The zero-order valence-electron chi connectivity index (χ0n) is 12.4. The van der Waals surface area contributed by atoms with Crippen LogP contribution < -0.4 is 5.73 Å². The predicted molar refractivity (Wildman–Crippen MR) is 76.9 cm³/mol. The Bertz CT molecular complexity index is 716. The monoisotopic (exact) mass is 350 g/mol. The lowest BCUT2D eigenvalue weighted by molar-refractivity contribution is -0.138. The number of primary amides is 1. The molecule has 0 aromatic heterocycles. The number of carbonyl (C=O) groups excluding carboxylic acids is 1. The van der Waals surface area contributed by atoms with Gasteiger partial charge in [-0.2, -0.15) is 17.5 Å². The quantitative estimate of drug-likeness (QED) is 0.904. The van der Waals surface area contributed by atoms with Crippen LogP contribution in [0.3, 0.4) is 0 Å². The minimum absolute atomic E-state index is 0.0508. The molecule has 0 saturated carbocycles. The van der Waals surface area contributed by atoms with E-state index in [2.05, 4.69) is 0 Å². The van der Waals surface area contributed by atoms with E-state index < -0.39 is 38.5 Å². The number of hydrogen-bond acceptors (Lipinski definition) is 3. The van der Waals surface area contributed by atoms with Crippen molar-refractivity contribution < 1.29 is 26.4 Å². The molecular formula is C14H17F3N2O3S. The molecule has 1 aliphatic heterocycles. The molecular weight excluding hydrogens is 333 g/mol. The van der Waals surface area contributed by atoms with Crippen LogP contribution in [0.15, 0.2) is 23.1 Å². The molecule has 1 aliphatic rings. The molecule has 9 heteroatoms. The number of carbonyl (C=O) groups is 1. The number of piperidine rings is 1.